The van der Waals surface area contributed by atoms with E-state index in [1.807, 2.05) is 18.2 Å². The molecule has 0 spiro atoms. The third kappa shape index (κ3) is 6.09. The Hall–Kier alpha value is -1.83. The van der Waals surface area contributed by atoms with Gasteiger partial charge in [0.05, 0.1) is 4.90 Å². The van der Waals surface area contributed by atoms with Gasteiger partial charge in [-0.15, -0.1) is 0 Å². The number of hydrogen-bond donors (Lipinski definition) is 1. The Kier molecular flexibility index (Phi) is 8.34. The van der Waals surface area contributed by atoms with Gasteiger partial charge in [-0.25, -0.2) is 8.42 Å². The van der Waals surface area contributed by atoms with Crippen molar-refractivity contribution in [2.24, 2.45) is 0 Å². The summed E-state index contributed by atoms with van der Waals surface area (Å²) >= 11 is 1.74. The van der Waals surface area contributed by atoms with E-state index >= 15 is 0 Å². The monoisotopic (exact) mass is 406 g/mol. The van der Waals surface area contributed by atoms with Crippen molar-refractivity contribution in [2.75, 3.05) is 25.4 Å². The number of nitrogens with one attached hydrogen (secondary N) is 1. The molecular weight excluding hydrogens is 380 g/mol. The molecule has 0 bridgehead atoms. The smallest absolute Gasteiger partial charge is 0.251 e. The second-order valence-electron chi connectivity index (χ2n) is 5.91. The zero-order valence-electron chi connectivity index (χ0n) is 15.7. The van der Waals surface area contributed by atoms with Crippen molar-refractivity contribution < 1.29 is 13.2 Å². The van der Waals surface area contributed by atoms with Crippen molar-refractivity contribution in [3.05, 3.63) is 65.7 Å². The minimum Gasteiger partial charge on any atom is -0.351 e. The van der Waals surface area contributed by atoms with E-state index < -0.39 is 10.0 Å². The van der Waals surface area contributed by atoms with Gasteiger partial charge in [0.1, 0.15) is 0 Å². The molecule has 0 fully saturated rings. The van der Waals surface area contributed by atoms with Gasteiger partial charge in [-0.05, 0) is 23.8 Å². The zero-order chi connectivity index (χ0) is 19.7. The Bertz CT molecular complexity index is 835. The Morgan fingerprint density at radius 1 is 1.04 bits per heavy atom. The molecule has 27 heavy (non-hydrogen) atoms. The molecule has 2 aromatic carbocycles. The van der Waals surface area contributed by atoms with E-state index in [4.69, 9.17) is 0 Å². The van der Waals surface area contributed by atoms with E-state index in [-0.39, 0.29) is 10.8 Å². The van der Waals surface area contributed by atoms with Crippen LogP contribution in [0.15, 0.2) is 59.5 Å². The van der Waals surface area contributed by atoms with Gasteiger partial charge in [0.2, 0.25) is 10.0 Å². The maximum atomic E-state index is 12.6. The fourth-order valence-corrected chi connectivity index (χ4v) is 4.94. The third-order valence-corrected chi connectivity index (χ3v) is 7.16. The Morgan fingerprint density at radius 3 is 2.41 bits per heavy atom. The summed E-state index contributed by atoms with van der Waals surface area (Å²) in [7, 11) is -3.57. The van der Waals surface area contributed by atoms with Crippen LogP contribution in [-0.2, 0) is 15.8 Å². The summed E-state index contributed by atoms with van der Waals surface area (Å²) in [5.41, 5.74) is 1.61. The van der Waals surface area contributed by atoms with E-state index in [1.165, 1.54) is 22.0 Å². The maximum absolute atomic E-state index is 12.6. The topological polar surface area (TPSA) is 66.5 Å². The lowest BCUT2D eigenvalue weighted by Crippen LogP contribution is -2.31. The van der Waals surface area contributed by atoms with E-state index in [0.717, 1.165) is 11.5 Å². The van der Waals surface area contributed by atoms with Crippen LogP contribution in [0, 0.1) is 0 Å². The van der Waals surface area contributed by atoms with Gasteiger partial charge in [-0.2, -0.15) is 16.1 Å². The van der Waals surface area contributed by atoms with Crippen molar-refractivity contribution >= 4 is 27.7 Å². The molecule has 1 N–H and O–H groups in total. The second-order valence-corrected chi connectivity index (χ2v) is 8.95. The molecule has 146 valence electrons. The predicted octanol–water partition coefficient (Wildman–Crippen LogP) is 3.38. The van der Waals surface area contributed by atoms with Crippen LogP contribution >= 0.6 is 11.8 Å². The summed E-state index contributed by atoms with van der Waals surface area (Å²) in [6, 6.07) is 16.4. The molecule has 0 saturated heterocycles. The van der Waals surface area contributed by atoms with E-state index in [9.17, 15) is 13.2 Å². The number of carbonyl (C=O) groups is 1. The van der Waals surface area contributed by atoms with Crippen LogP contribution in [0.4, 0.5) is 0 Å². The lowest BCUT2D eigenvalue weighted by Gasteiger charge is -2.18. The molecule has 0 aliphatic rings. The van der Waals surface area contributed by atoms with E-state index in [2.05, 4.69) is 17.4 Å². The quantitative estimate of drug-likeness (QED) is 0.614. The van der Waals surface area contributed by atoms with Crippen molar-refractivity contribution in [2.45, 2.75) is 24.5 Å². The summed E-state index contributed by atoms with van der Waals surface area (Å²) in [6.07, 6.45) is 0. The van der Waals surface area contributed by atoms with Gasteiger partial charge < -0.3 is 5.32 Å². The fraction of sp³-hybridized carbons (Fsp3) is 0.350. The van der Waals surface area contributed by atoms with Crippen molar-refractivity contribution in [3.63, 3.8) is 0 Å². The predicted molar refractivity (Wildman–Crippen MR) is 111 cm³/mol. The highest BCUT2D eigenvalue weighted by atomic mass is 32.2. The lowest BCUT2D eigenvalue weighted by molar-refractivity contribution is 0.0956. The number of amides is 1. The highest BCUT2D eigenvalue weighted by Crippen LogP contribution is 2.17. The summed E-state index contributed by atoms with van der Waals surface area (Å²) in [4.78, 5) is 12.5. The summed E-state index contributed by atoms with van der Waals surface area (Å²) in [6.45, 7) is 4.92. The van der Waals surface area contributed by atoms with Crippen molar-refractivity contribution in [1.29, 1.82) is 0 Å². The van der Waals surface area contributed by atoms with Crippen LogP contribution in [0.1, 0.15) is 29.8 Å². The minimum absolute atomic E-state index is 0.150. The molecule has 0 heterocycles. The first-order chi connectivity index (χ1) is 13.0. The largest absolute Gasteiger partial charge is 0.351 e. The van der Waals surface area contributed by atoms with Crippen molar-refractivity contribution in [1.82, 2.24) is 9.62 Å². The molecule has 0 atom stereocenters. The molecule has 2 aromatic rings. The first-order valence-electron chi connectivity index (χ1n) is 8.99. The number of carbonyl (C=O) groups excluding carboxylic acids is 1. The number of thioether (sulfide) groups is 1. The van der Waals surface area contributed by atoms with Gasteiger partial charge in [-0.3, -0.25) is 4.79 Å². The maximum Gasteiger partial charge on any atom is 0.251 e. The standard InChI is InChI=1S/C20H26N2O3S2/c1-3-22(4-2)27(24,25)19-12-8-11-18(15-19)20(23)21-13-14-26-16-17-9-6-5-7-10-17/h5-12,15H,3-4,13-14,16H2,1-2H3,(H,21,23). The van der Waals surface area contributed by atoms with Crippen LogP contribution in [0.5, 0.6) is 0 Å². The first kappa shape index (κ1) is 21.5. The van der Waals surface area contributed by atoms with Gasteiger partial charge in [0.25, 0.3) is 5.91 Å². The van der Waals surface area contributed by atoms with Gasteiger partial charge >= 0.3 is 0 Å². The van der Waals surface area contributed by atoms with Crippen LogP contribution in [0.2, 0.25) is 0 Å². The Labute approximate surface area is 166 Å². The fourth-order valence-electron chi connectivity index (χ4n) is 2.61. The molecule has 0 aromatic heterocycles. The highest BCUT2D eigenvalue weighted by Gasteiger charge is 2.22. The summed E-state index contributed by atoms with van der Waals surface area (Å²) < 4.78 is 26.6. The molecule has 7 heteroatoms. The van der Waals surface area contributed by atoms with Crippen LogP contribution in [-0.4, -0.2) is 44.0 Å². The molecule has 0 unspecified atom stereocenters. The number of sulfonamides is 1. The molecular formula is C20H26N2O3S2. The second kappa shape index (κ2) is 10.5. The molecule has 1 amide bonds. The molecule has 2 rings (SSSR count). The molecule has 0 saturated carbocycles. The summed E-state index contributed by atoms with van der Waals surface area (Å²) in [5.74, 6) is 1.43. The van der Waals surface area contributed by atoms with E-state index in [1.54, 1.807) is 37.7 Å². The lowest BCUT2D eigenvalue weighted by atomic mass is 10.2. The van der Waals surface area contributed by atoms with Crippen LogP contribution in [0.25, 0.3) is 0 Å². The van der Waals surface area contributed by atoms with E-state index in [0.29, 0.717) is 25.2 Å². The Balaban J connectivity index is 1.89. The number of benzene rings is 2. The zero-order valence-corrected chi connectivity index (χ0v) is 17.4. The molecule has 0 radical (unpaired) electrons. The summed E-state index contributed by atoms with van der Waals surface area (Å²) in [5, 5.41) is 2.85. The van der Waals surface area contributed by atoms with Crippen molar-refractivity contribution in [3.8, 4) is 0 Å². The molecule has 0 aliphatic heterocycles. The average Bonchev–Trinajstić information content (AvgIpc) is 2.69. The normalized spacial score (nSPS) is 11.5. The average molecular weight is 407 g/mol. The third-order valence-electron chi connectivity index (χ3n) is 4.08. The minimum atomic E-state index is -3.57. The van der Waals surface area contributed by atoms with Gasteiger partial charge in [-0.1, -0.05) is 50.2 Å². The van der Waals surface area contributed by atoms with Gasteiger partial charge in [0, 0.05) is 36.7 Å². The number of hydrogen-bond acceptors (Lipinski definition) is 4. The molecule has 0 aliphatic carbocycles. The Morgan fingerprint density at radius 2 is 1.74 bits per heavy atom. The van der Waals surface area contributed by atoms with Crippen LogP contribution in [0.3, 0.4) is 0 Å². The van der Waals surface area contributed by atoms with Crippen LogP contribution < -0.4 is 5.32 Å². The van der Waals surface area contributed by atoms with Gasteiger partial charge in [0.15, 0.2) is 0 Å². The number of nitrogens with zero attached hydrogens (tertiary/aromatic N) is 1. The molecule has 5 nitrogen and oxygen atoms in total. The number of rotatable bonds is 10. The highest BCUT2D eigenvalue weighted by molar-refractivity contribution is 7.98. The first-order valence-corrected chi connectivity index (χ1v) is 11.6. The SMILES string of the molecule is CCN(CC)S(=O)(=O)c1cccc(C(=O)NCCSCc2ccccc2)c1.